The fraction of sp³-hybridized carbons (Fsp3) is 0.452. The maximum Gasteiger partial charge on any atom is 0.237 e. The lowest BCUT2D eigenvalue weighted by atomic mass is 9.78. The summed E-state index contributed by atoms with van der Waals surface area (Å²) in [5.41, 5.74) is 3.31. The van der Waals surface area contributed by atoms with E-state index in [0.29, 0.717) is 19.4 Å². The fourth-order valence-corrected chi connectivity index (χ4v) is 5.49. The number of carbonyl (C=O) groups is 2. The SMILES string of the molecule is CCCCCCCCC(C)C1[C](Cc2c[nH]c3ccccc23)C(=O)N(CCc2ccccc2)C1=O. The molecule has 1 aliphatic rings. The predicted molar refractivity (Wildman–Crippen MR) is 143 cm³/mol. The number of carbonyl (C=O) groups excluding carboxylic acids is 2. The Morgan fingerprint density at radius 3 is 2.43 bits per heavy atom. The number of amides is 2. The molecule has 1 fully saturated rings. The van der Waals surface area contributed by atoms with Crippen LogP contribution in [0.3, 0.4) is 0 Å². The quantitative estimate of drug-likeness (QED) is 0.218. The average molecular weight is 472 g/mol. The van der Waals surface area contributed by atoms with Crippen molar-refractivity contribution in [3.8, 4) is 0 Å². The van der Waals surface area contributed by atoms with Crippen LogP contribution in [0.5, 0.6) is 0 Å². The number of unbranched alkanes of at least 4 members (excludes halogenated alkanes) is 5. The van der Waals surface area contributed by atoms with E-state index in [0.717, 1.165) is 40.8 Å². The Hall–Kier alpha value is -2.88. The zero-order chi connectivity index (χ0) is 24.6. The largest absolute Gasteiger partial charge is 0.361 e. The van der Waals surface area contributed by atoms with Crippen molar-refractivity contribution in [2.24, 2.45) is 11.8 Å². The number of nitrogens with one attached hydrogen (secondary N) is 1. The molecule has 185 valence electrons. The Labute approximate surface area is 210 Å². The third-order valence-corrected chi connectivity index (χ3v) is 7.53. The Kier molecular flexibility index (Phi) is 8.79. The lowest BCUT2D eigenvalue weighted by Crippen LogP contribution is -2.33. The molecule has 2 amide bonds. The highest BCUT2D eigenvalue weighted by Crippen LogP contribution is 2.39. The Balaban J connectivity index is 1.49. The first-order valence-electron chi connectivity index (χ1n) is 13.4. The highest BCUT2D eigenvalue weighted by Gasteiger charge is 2.49. The summed E-state index contributed by atoms with van der Waals surface area (Å²) in [4.78, 5) is 32.1. The van der Waals surface area contributed by atoms with Gasteiger partial charge in [-0.05, 0) is 42.4 Å². The van der Waals surface area contributed by atoms with Gasteiger partial charge in [0.2, 0.25) is 11.8 Å². The number of nitrogens with zero attached hydrogens (tertiary/aromatic N) is 1. The molecule has 1 aliphatic heterocycles. The Morgan fingerprint density at radius 1 is 0.914 bits per heavy atom. The number of H-pyrrole nitrogens is 1. The molecule has 2 aromatic carbocycles. The van der Waals surface area contributed by atoms with Gasteiger partial charge in [-0.1, -0.05) is 101 Å². The molecule has 0 spiro atoms. The minimum Gasteiger partial charge on any atom is -0.361 e. The van der Waals surface area contributed by atoms with E-state index in [1.165, 1.54) is 37.0 Å². The van der Waals surface area contributed by atoms with Crippen LogP contribution >= 0.6 is 0 Å². The van der Waals surface area contributed by atoms with Crippen LogP contribution in [0.1, 0.15) is 69.9 Å². The Morgan fingerprint density at radius 2 is 1.63 bits per heavy atom. The maximum absolute atomic E-state index is 13.6. The van der Waals surface area contributed by atoms with E-state index in [1.54, 1.807) is 0 Å². The van der Waals surface area contributed by atoms with Crippen molar-refractivity contribution in [2.45, 2.75) is 71.6 Å². The molecule has 1 saturated heterocycles. The molecule has 4 heteroatoms. The van der Waals surface area contributed by atoms with Crippen molar-refractivity contribution in [3.63, 3.8) is 0 Å². The monoisotopic (exact) mass is 471 g/mol. The van der Waals surface area contributed by atoms with Crippen molar-refractivity contribution in [2.75, 3.05) is 6.54 Å². The van der Waals surface area contributed by atoms with Gasteiger partial charge in [-0.2, -0.15) is 0 Å². The second kappa shape index (κ2) is 12.2. The third kappa shape index (κ3) is 6.04. The molecule has 1 N–H and O–H groups in total. The highest BCUT2D eigenvalue weighted by molar-refractivity contribution is 6.13. The van der Waals surface area contributed by atoms with Crippen LogP contribution in [0.15, 0.2) is 60.8 Å². The number of aromatic nitrogens is 1. The topological polar surface area (TPSA) is 53.2 Å². The molecule has 2 heterocycles. The predicted octanol–water partition coefficient (Wildman–Crippen LogP) is 6.90. The van der Waals surface area contributed by atoms with E-state index in [4.69, 9.17) is 0 Å². The molecule has 3 aromatic rings. The summed E-state index contributed by atoms with van der Waals surface area (Å²) in [6.07, 6.45) is 11.6. The normalized spacial score (nSPS) is 17.5. The number of hydrogen-bond donors (Lipinski definition) is 1. The summed E-state index contributed by atoms with van der Waals surface area (Å²) in [5, 5.41) is 1.13. The number of para-hydroxylation sites is 1. The van der Waals surface area contributed by atoms with Gasteiger partial charge in [0.05, 0.1) is 11.8 Å². The van der Waals surface area contributed by atoms with Crippen molar-refractivity contribution in [1.29, 1.82) is 0 Å². The first-order chi connectivity index (χ1) is 17.1. The second-order valence-electron chi connectivity index (χ2n) is 10.1. The summed E-state index contributed by atoms with van der Waals surface area (Å²) in [7, 11) is 0. The Bertz CT molecular complexity index is 1100. The van der Waals surface area contributed by atoms with Gasteiger partial charge >= 0.3 is 0 Å². The van der Waals surface area contributed by atoms with E-state index in [-0.39, 0.29) is 23.7 Å². The minimum atomic E-state index is -0.317. The zero-order valence-corrected chi connectivity index (χ0v) is 21.3. The lowest BCUT2D eigenvalue weighted by molar-refractivity contribution is -0.139. The van der Waals surface area contributed by atoms with Gasteiger partial charge in [-0.3, -0.25) is 14.5 Å². The summed E-state index contributed by atoms with van der Waals surface area (Å²) in [5.74, 6) is 0.545. The van der Waals surface area contributed by atoms with Gasteiger partial charge in [-0.25, -0.2) is 0 Å². The van der Waals surface area contributed by atoms with Crippen LogP contribution in [0.2, 0.25) is 0 Å². The molecule has 2 atom stereocenters. The van der Waals surface area contributed by atoms with E-state index in [2.05, 4.69) is 43.1 Å². The van der Waals surface area contributed by atoms with Crippen LogP contribution in [0.4, 0.5) is 0 Å². The van der Waals surface area contributed by atoms with Crippen molar-refractivity contribution >= 4 is 22.7 Å². The fourth-order valence-electron chi connectivity index (χ4n) is 5.49. The number of aromatic amines is 1. The second-order valence-corrected chi connectivity index (χ2v) is 10.1. The molecule has 0 bridgehead atoms. The van der Waals surface area contributed by atoms with E-state index < -0.39 is 0 Å². The van der Waals surface area contributed by atoms with Crippen molar-refractivity contribution in [1.82, 2.24) is 9.88 Å². The van der Waals surface area contributed by atoms with E-state index in [1.807, 2.05) is 36.5 Å². The number of rotatable bonds is 13. The molecule has 2 unspecified atom stereocenters. The maximum atomic E-state index is 13.6. The number of fused-ring (bicyclic) bond motifs is 1. The van der Waals surface area contributed by atoms with Crippen LogP contribution in [-0.4, -0.2) is 28.2 Å². The molecule has 35 heavy (non-hydrogen) atoms. The summed E-state index contributed by atoms with van der Waals surface area (Å²) < 4.78 is 0. The summed E-state index contributed by atoms with van der Waals surface area (Å²) >= 11 is 0. The molecule has 0 aliphatic carbocycles. The molecule has 1 radical (unpaired) electrons. The third-order valence-electron chi connectivity index (χ3n) is 7.53. The molecular weight excluding hydrogens is 432 g/mol. The zero-order valence-electron chi connectivity index (χ0n) is 21.3. The van der Waals surface area contributed by atoms with Gasteiger partial charge in [0.15, 0.2) is 0 Å². The van der Waals surface area contributed by atoms with Gasteiger partial charge in [0.1, 0.15) is 0 Å². The standard InChI is InChI=1S/C31H39N2O2/c1-3-4-5-6-7-9-14-23(2)29-27(21-25-22-32-28-18-13-12-17-26(25)28)30(34)33(31(29)35)20-19-24-15-10-8-11-16-24/h8,10-13,15-18,22-23,29,32H,3-7,9,14,19-21H2,1-2H3. The van der Waals surface area contributed by atoms with Gasteiger partial charge < -0.3 is 4.98 Å². The smallest absolute Gasteiger partial charge is 0.237 e. The van der Waals surface area contributed by atoms with Gasteiger partial charge in [0, 0.05) is 23.6 Å². The van der Waals surface area contributed by atoms with Gasteiger partial charge in [-0.15, -0.1) is 0 Å². The van der Waals surface area contributed by atoms with Crippen molar-refractivity contribution < 1.29 is 9.59 Å². The summed E-state index contributed by atoms with van der Waals surface area (Å²) in [6, 6.07) is 18.3. The first kappa shape index (κ1) is 25.2. The van der Waals surface area contributed by atoms with Crippen LogP contribution < -0.4 is 0 Å². The van der Waals surface area contributed by atoms with E-state index >= 15 is 0 Å². The molecule has 4 rings (SSSR count). The van der Waals surface area contributed by atoms with Crippen LogP contribution in [0, 0.1) is 17.8 Å². The number of benzene rings is 2. The summed E-state index contributed by atoms with van der Waals surface area (Å²) in [6.45, 7) is 4.84. The average Bonchev–Trinajstić information content (AvgIpc) is 3.39. The van der Waals surface area contributed by atoms with Crippen LogP contribution in [0.25, 0.3) is 10.9 Å². The highest BCUT2D eigenvalue weighted by atomic mass is 16.2. The molecule has 1 aromatic heterocycles. The van der Waals surface area contributed by atoms with E-state index in [9.17, 15) is 9.59 Å². The number of likely N-dealkylation sites (tertiary alicyclic amines) is 1. The molecule has 0 saturated carbocycles. The number of hydrogen-bond acceptors (Lipinski definition) is 2. The molecular formula is C31H39N2O2. The van der Waals surface area contributed by atoms with Crippen LogP contribution in [-0.2, 0) is 22.4 Å². The minimum absolute atomic E-state index is 0.000689. The van der Waals surface area contributed by atoms with Crippen molar-refractivity contribution in [3.05, 3.63) is 77.8 Å². The van der Waals surface area contributed by atoms with Gasteiger partial charge in [0.25, 0.3) is 0 Å². The number of imide groups is 1. The molecule has 4 nitrogen and oxygen atoms in total. The lowest BCUT2D eigenvalue weighted by Gasteiger charge is -2.22. The first-order valence-corrected chi connectivity index (χ1v) is 13.4.